The molecule has 0 saturated carbocycles. The van der Waals surface area contributed by atoms with Crippen LogP contribution in [0, 0.1) is 17.8 Å². The molecule has 0 radical (unpaired) electrons. The summed E-state index contributed by atoms with van der Waals surface area (Å²) in [6, 6.07) is 4.16. The molecule has 2 aliphatic rings. The molecule has 0 aliphatic carbocycles. The van der Waals surface area contributed by atoms with Crippen LogP contribution in [0.3, 0.4) is 0 Å². The van der Waals surface area contributed by atoms with E-state index in [1.807, 2.05) is 13.1 Å². The molecule has 3 rings (SSSR count). The maximum absolute atomic E-state index is 12.1. The summed E-state index contributed by atoms with van der Waals surface area (Å²) in [6.07, 6.45) is 4.38. The largest absolute Gasteiger partial charge is 0.357 e. The van der Waals surface area contributed by atoms with Gasteiger partial charge in [0.25, 0.3) is 0 Å². The van der Waals surface area contributed by atoms with Crippen LogP contribution in [0.25, 0.3) is 0 Å². The molecule has 0 spiro atoms. The monoisotopic (exact) mass is 388 g/mol. The Kier molecular flexibility index (Phi) is 8.97. The van der Waals surface area contributed by atoms with Gasteiger partial charge in [0.2, 0.25) is 5.91 Å². The second-order valence-electron chi connectivity index (χ2n) is 7.12. The molecule has 1 aromatic rings. The van der Waals surface area contributed by atoms with Crippen LogP contribution in [0.1, 0.15) is 32.3 Å². The maximum Gasteiger partial charge on any atom is 0.223 e. The van der Waals surface area contributed by atoms with Crippen LogP contribution in [0.2, 0.25) is 0 Å². The lowest BCUT2D eigenvalue weighted by molar-refractivity contribution is -0.126. The van der Waals surface area contributed by atoms with Gasteiger partial charge >= 0.3 is 0 Å². The van der Waals surface area contributed by atoms with Crippen molar-refractivity contribution < 1.29 is 4.79 Å². The van der Waals surface area contributed by atoms with Crippen LogP contribution in [0.5, 0.6) is 0 Å². The number of amides is 1. The molecule has 1 atom stereocenters. The molecule has 0 bridgehead atoms. The normalized spacial score (nSPS) is 19.2. The molecule has 2 fully saturated rings. The van der Waals surface area contributed by atoms with Crippen LogP contribution in [-0.2, 0) is 11.3 Å². The number of halogens is 2. The van der Waals surface area contributed by atoms with Crippen LogP contribution in [-0.4, -0.2) is 37.1 Å². The Morgan fingerprint density at radius 1 is 1.32 bits per heavy atom. The Labute approximate surface area is 163 Å². The first-order valence-corrected chi connectivity index (χ1v) is 8.82. The Balaban J connectivity index is 0.00000156. The van der Waals surface area contributed by atoms with Crippen molar-refractivity contribution in [2.45, 2.75) is 33.2 Å². The lowest BCUT2D eigenvalue weighted by Crippen LogP contribution is -2.49. The van der Waals surface area contributed by atoms with Gasteiger partial charge in [0.1, 0.15) is 5.82 Å². The molecule has 25 heavy (non-hydrogen) atoms. The molecule has 1 amide bonds. The van der Waals surface area contributed by atoms with Gasteiger partial charge in [-0.15, -0.1) is 24.8 Å². The van der Waals surface area contributed by atoms with Gasteiger partial charge in [-0.2, -0.15) is 0 Å². The van der Waals surface area contributed by atoms with Gasteiger partial charge in [0.05, 0.1) is 0 Å². The van der Waals surface area contributed by atoms with Crippen LogP contribution >= 0.6 is 24.8 Å². The Morgan fingerprint density at radius 2 is 2.00 bits per heavy atom. The summed E-state index contributed by atoms with van der Waals surface area (Å²) in [4.78, 5) is 19.1. The predicted octanol–water partition coefficient (Wildman–Crippen LogP) is 2.63. The number of nitrogens with zero attached hydrogens (tertiary/aromatic N) is 2. The fourth-order valence-corrected chi connectivity index (χ4v) is 3.17. The summed E-state index contributed by atoms with van der Waals surface area (Å²) in [7, 11) is 0. The summed E-state index contributed by atoms with van der Waals surface area (Å²) in [6.45, 7) is 9.00. The van der Waals surface area contributed by atoms with Crippen LogP contribution in [0.15, 0.2) is 18.3 Å². The van der Waals surface area contributed by atoms with Crippen molar-refractivity contribution >= 4 is 36.5 Å². The Bertz CT molecular complexity index is 528. The molecule has 0 aromatic carbocycles. The minimum atomic E-state index is 0. The van der Waals surface area contributed by atoms with E-state index >= 15 is 0 Å². The maximum atomic E-state index is 12.1. The van der Waals surface area contributed by atoms with E-state index in [1.54, 1.807) is 0 Å². The number of hydrogen-bond acceptors (Lipinski definition) is 4. The fourth-order valence-electron chi connectivity index (χ4n) is 3.17. The molecule has 2 N–H and O–H groups in total. The molecular weight excluding hydrogens is 359 g/mol. The van der Waals surface area contributed by atoms with Crippen LogP contribution in [0.4, 0.5) is 5.82 Å². The summed E-state index contributed by atoms with van der Waals surface area (Å²) in [5, 5.41) is 6.25. The van der Waals surface area contributed by atoms with Crippen molar-refractivity contribution in [3.8, 4) is 0 Å². The second kappa shape index (κ2) is 10.2. The minimum absolute atomic E-state index is 0. The van der Waals surface area contributed by atoms with Gasteiger partial charge in [-0.1, -0.05) is 19.9 Å². The Hall–Kier alpha value is -1.04. The van der Waals surface area contributed by atoms with Crippen molar-refractivity contribution in [2.75, 3.05) is 31.1 Å². The van der Waals surface area contributed by atoms with Crippen molar-refractivity contribution in [1.29, 1.82) is 0 Å². The van der Waals surface area contributed by atoms with E-state index in [0.717, 1.165) is 43.5 Å². The van der Waals surface area contributed by atoms with Gasteiger partial charge in [0.15, 0.2) is 0 Å². The van der Waals surface area contributed by atoms with Gasteiger partial charge in [-0.3, -0.25) is 4.79 Å². The lowest BCUT2D eigenvalue weighted by Gasteiger charge is -2.32. The van der Waals surface area contributed by atoms with E-state index in [0.29, 0.717) is 12.5 Å². The molecular formula is C18H30Cl2N4O. The molecule has 1 aromatic heterocycles. The standard InChI is InChI=1S/C18H28N4O.2ClH/c1-13-5-7-22(8-6-13)17-4-3-15(9-20-17)10-21-18(23)14(2)16-11-19-12-16;;/h3-4,9,13-14,16,19H,5-8,10-12H2,1-2H3,(H,21,23);2*1H. The smallest absolute Gasteiger partial charge is 0.223 e. The van der Waals surface area contributed by atoms with Crippen molar-refractivity contribution in [3.05, 3.63) is 23.9 Å². The lowest BCUT2D eigenvalue weighted by atomic mass is 9.88. The molecule has 2 aliphatic heterocycles. The zero-order valence-corrected chi connectivity index (χ0v) is 16.7. The number of piperidine rings is 1. The van der Waals surface area contributed by atoms with Gasteiger partial charge in [-0.25, -0.2) is 4.98 Å². The fraction of sp³-hybridized carbons (Fsp3) is 0.667. The first-order valence-electron chi connectivity index (χ1n) is 8.82. The highest BCUT2D eigenvalue weighted by Gasteiger charge is 2.28. The van der Waals surface area contributed by atoms with Gasteiger partial charge in [-0.05, 0) is 49.4 Å². The summed E-state index contributed by atoms with van der Waals surface area (Å²) in [5.74, 6) is 2.59. The number of hydrogen-bond donors (Lipinski definition) is 2. The predicted molar refractivity (Wildman–Crippen MR) is 107 cm³/mol. The number of nitrogens with one attached hydrogen (secondary N) is 2. The van der Waals surface area contributed by atoms with Gasteiger partial charge < -0.3 is 15.5 Å². The minimum Gasteiger partial charge on any atom is -0.357 e. The average Bonchev–Trinajstić information content (AvgIpc) is 2.52. The number of aromatic nitrogens is 1. The van der Waals surface area contributed by atoms with Crippen molar-refractivity contribution in [2.24, 2.45) is 17.8 Å². The van der Waals surface area contributed by atoms with E-state index in [2.05, 4.69) is 39.6 Å². The zero-order valence-electron chi connectivity index (χ0n) is 15.0. The van der Waals surface area contributed by atoms with Gasteiger partial charge in [0, 0.05) is 31.7 Å². The second-order valence-corrected chi connectivity index (χ2v) is 7.12. The Morgan fingerprint density at radius 3 is 2.52 bits per heavy atom. The first-order chi connectivity index (χ1) is 11.1. The molecule has 2 saturated heterocycles. The third-order valence-electron chi connectivity index (χ3n) is 5.32. The topological polar surface area (TPSA) is 57.3 Å². The summed E-state index contributed by atoms with van der Waals surface area (Å²) >= 11 is 0. The quantitative estimate of drug-likeness (QED) is 0.813. The molecule has 5 nitrogen and oxygen atoms in total. The number of anilines is 1. The van der Waals surface area contributed by atoms with E-state index in [9.17, 15) is 4.79 Å². The SMILES string of the molecule is CC1CCN(c2ccc(CNC(=O)C(C)C3CNC3)cn2)CC1.Cl.Cl. The van der Waals surface area contributed by atoms with E-state index < -0.39 is 0 Å². The molecule has 3 heterocycles. The third-order valence-corrected chi connectivity index (χ3v) is 5.32. The number of pyridine rings is 1. The van der Waals surface area contributed by atoms with Crippen molar-refractivity contribution in [3.63, 3.8) is 0 Å². The number of carbonyl (C=O) groups excluding carboxylic acids is 1. The molecule has 1 unspecified atom stereocenters. The zero-order chi connectivity index (χ0) is 16.2. The highest BCUT2D eigenvalue weighted by atomic mass is 35.5. The summed E-state index contributed by atoms with van der Waals surface area (Å²) in [5.41, 5.74) is 1.06. The highest BCUT2D eigenvalue weighted by molar-refractivity contribution is 5.85. The number of rotatable bonds is 5. The third kappa shape index (κ3) is 5.73. The van der Waals surface area contributed by atoms with E-state index in [4.69, 9.17) is 0 Å². The molecule has 142 valence electrons. The number of carbonyl (C=O) groups is 1. The first kappa shape index (κ1) is 22.0. The highest BCUT2D eigenvalue weighted by Crippen LogP contribution is 2.21. The van der Waals surface area contributed by atoms with Crippen molar-refractivity contribution in [1.82, 2.24) is 15.6 Å². The van der Waals surface area contributed by atoms with Crippen LogP contribution < -0.4 is 15.5 Å². The van der Waals surface area contributed by atoms with E-state index in [-0.39, 0.29) is 36.6 Å². The van der Waals surface area contributed by atoms with E-state index in [1.165, 1.54) is 12.8 Å². The summed E-state index contributed by atoms with van der Waals surface area (Å²) < 4.78 is 0. The average molecular weight is 389 g/mol. The molecule has 7 heteroatoms.